The molecule has 1 amide bonds. The molecule has 0 spiro atoms. The highest BCUT2D eigenvalue weighted by Crippen LogP contribution is 2.39. The quantitative estimate of drug-likeness (QED) is 0.372. The summed E-state index contributed by atoms with van der Waals surface area (Å²) in [6.45, 7) is 3.95. The molecular weight excluding hydrogens is 397 g/mol. The lowest BCUT2D eigenvalue weighted by molar-refractivity contribution is -0.139. The van der Waals surface area contributed by atoms with E-state index in [4.69, 9.17) is 5.21 Å². The number of nitrogens with zero attached hydrogens (tertiary/aromatic N) is 1. The van der Waals surface area contributed by atoms with E-state index in [2.05, 4.69) is 0 Å². The van der Waals surface area contributed by atoms with E-state index >= 15 is 0 Å². The molecule has 158 valence electrons. The Balaban J connectivity index is 2.20. The van der Waals surface area contributed by atoms with Crippen LogP contribution in [0.2, 0.25) is 0 Å². The predicted octanol–water partition coefficient (Wildman–Crippen LogP) is 3.21. The third-order valence-corrected chi connectivity index (χ3v) is 6.24. The summed E-state index contributed by atoms with van der Waals surface area (Å²) in [6.07, 6.45) is -3.70. The molecule has 10 heteroatoms. The molecule has 0 saturated carbocycles. The zero-order chi connectivity index (χ0) is 21.1. The molecule has 1 aliphatic rings. The third-order valence-electron chi connectivity index (χ3n) is 5.24. The second-order valence-electron chi connectivity index (χ2n) is 7.31. The van der Waals surface area contributed by atoms with E-state index < -0.39 is 40.0 Å². The molecule has 3 N–H and O–H groups in total. The lowest BCUT2D eigenvalue weighted by atomic mass is 9.85. The zero-order valence-electron chi connectivity index (χ0n) is 15.6. The van der Waals surface area contributed by atoms with Crippen LogP contribution in [0.5, 0.6) is 0 Å². The molecule has 0 radical (unpaired) electrons. The summed E-state index contributed by atoms with van der Waals surface area (Å²) in [7, 11) is 0. The van der Waals surface area contributed by atoms with Crippen LogP contribution in [0, 0.1) is 11.8 Å². The molecule has 3 atom stereocenters. The fourth-order valence-corrected chi connectivity index (χ4v) is 5.05. The van der Waals surface area contributed by atoms with E-state index in [1.165, 1.54) is 12.1 Å². The van der Waals surface area contributed by atoms with Gasteiger partial charge in [0.1, 0.15) is 5.37 Å². The Morgan fingerprint density at radius 2 is 1.82 bits per heavy atom. The van der Waals surface area contributed by atoms with Crippen LogP contribution in [0.15, 0.2) is 24.3 Å². The summed E-state index contributed by atoms with van der Waals surface area (Å²) in [6, 6.07) is 5.46. The van der Waals surface area contributed by atoms with Crippen LogP contribution in [0.3, 0.4) is 0 Å². The maximum atomic E-state index is 13.3. The van der Waals surface area contributed by atoms with E-state index in [-0.39, 0.29) is 30.5 Å². The molecule has 1 aromatic rings. The standard InChI is InChI=1S/C18H25F3N2O4S/c1-11(2)15(16(24)22-25)17(28(26)27)23-9-7-12(8-10-23)13-5-3-4-6-14(13)18(19,20)21/h3-6,11-12,15,17,25H,7-10H2,1-2H3,(H,22,24)(H,26,27). The number of amides is 1. The topological polar surface area (TPSA) is 89.9 Å². The van der Waals surface area contributed by atoms with Gasteiger partial charge < -0.3 is 4.55 Å². The van der Waals surface area contributed by atoms with Crippen molar-refractivity contribution in [2.45, 2.75) is 44.2 Å². The molecule has 6 nitrogen and oxygen atoms in total. The van der Waals surface area contributed by atoms with Crippen molar-refractivity contribution >= 4 is 17.0 Å². The molecule has 2 rings (SSSR count). The predicted molar refractivity (Wildman–Crippen MR) is 97.8 cm³/mol. The fourth-order valence-electron chi connectivity index (χ4n) is 3.89. The Labute approximate surface area is 164 Å². The molecule has 0 aromatic heterocycles. The molecule has 0 aliphatic carbocycles. The van der Waals surface area contributed by atoms with Gasteiger partial charge in [-0.3, -0.25) is 14.9 Å². The van der Waals surface area contributed by atoms with Crippen molar-refractivity contribution in [3.05, 3.63) is 35.4 Å². The van der Waals surface area contributed by atoms with Crippen LogP contribution in [0.25, 0.3) is 0 Å². The number of hydrogen-bond acceptors (Lipinski definition) is 4. The summed E-state index contributed by atoms with van der Waals surface area (Å²) in [5.41, 5.74) is 1.11. The lowest BCUT2D eigenvalue weighted by Crippen LogP contribution is -2.52. The van der Waals surface area contributed by atoms with Crippen molar-refractivity contribution in [2.75, 3.05) is 13.1 Å². The van der Waals surface area contributed by atoms with Crippen LogP contribution in [-0.2, 0) is 22.1 Å². The van der Waals surface area contributed by atoms with Gasteiger partial charge in [-0.15, -0.1) is 0 Å². The van der Waals surface area contributed by atoms with Gasteiger partial charge in [-0.25, -0.2) is 9.69 Å². The number of likely N-dealkylation sites (tertiary alicyclic amines) is 1. The third kappa shape index (κ3) is 5.11. The summed E-state index contributed by atoms with van der Waals surface area (Å²) < 4.78 is 61.6. The van der Waals surface area contributed by atoms with E-state index in [1.807, 2.05) is 0 Å². The van der Waals surface area contributed by atoms with Gasteiger partial charge in [0.25, 0.3) is 0 Å². The second kappa shape index (κ2) is 9.34. The summed E-state index contributed by atoms with van der Waals surface area (Å²) in [4.78, 5) is 13.7. The number of hydroxylamine groups is 1. The van der Waals surface area contributed by atoms with E-state index in [1.54, 1.807) is 30.3 Å². The van der Waals surface area contributed by atoms with Gasteiger partial charge in [-0.2, -0.15) is 13.2 Å². The average Bonchev–Trinajstić information content (AvgIpc) is 2.64. The number of benzene rings is 1. The Hall–Kier alpha value is -1.49. The second-order valence-corrected chi connectivity index (χ2v) is 8.34. The minimum atomic E-state index is -4.44. The molecule has 28 heavy (non-hydrogen) atoms. The van der Waals surface area contributed by atoms with Crippen LogP contribution in [0.4, 0.5) is 13.2 Å². The summed E-state index contributed by atoms with van der Waals surface area (Å²) >= 11 is -2.37. The normalized spacial score (nSPS) is 20.0. The maximum absolute atomic E-state index is 13.3. The van der Waals surface area contributed by atoms with Crippen molar-refractivity contribution < 1.29 is 31.9 Å². The maximum Gasteiger partial charge on any atom is 0.416 e. The number of piperidine rings is 1. The Morgan fingerprint density at radius 3 is 2.29 bits per heavy atom. The van der Waals surface area contributed by atoms with Crippen molar-refractivity contribution in [3.8, 4) is 0 Å². The minimum Gasteiger partial charge on any atom is -0.305 e. The molecule has 1 saturated heterocycles. The Morgan fingerprint density at radius 1 is 1.25 bits per heavy atom. The lowest BCUT2D eigenvalue weighted by Gasteiger charge is -2.40. The molecule has 1 aliphatic heterocycles. The SMILES string of the molecule is CC(C)C(C(=O)NO)C(N1CCC(c2ccccc2C(F)(F)F)CC1)S(=O)O. The highest BCUT2D eigenvalue weighted by molar-refractivity contribution is 7.79. The number of alkyl halides is 3. The highest BCUT2D eigenvalue weighted by atomic mass is 32.2. The number of rotatable bonds is 6. The number of carbonyl (C=O) groups is 1. The zero-order valence-corrected chi connectivity index (χ0v) is 16.5. The Kier molecular flexibility index (Phi) is 7.60. The smallest absolute Gasteiger partial charge is 0.305 e. The molecule has 0 bridgehead atoms. The van der Waals surface area contributed by atoms with Gasteiger partial charge in [-0.05, 0) is 49.4 Å². The van der Waals surface area contributed by atoms with Crippen molar-refractivity contribution in [1.82, 2.24) is 10.4 Å². The Bertz CT molecular complexity index is 706. The molecule has 1 aromatic carbocycles. The van der Waals surface area contributed by atoms with E-state index in [0.717, 1.165) is 6.07 Å². The van der Waals surface area contributed by atoms with Crippen LogP contribution >= 0.6 is 0 Å². The number of hydrogen-bond donors (Lipinski definition) is 3. The fraction of sp³-hybridized carbons (Fsp3) is 0.611. The molecule has 1 fully saturated rings. The van der Waals surface area contributed by atoms with Crippen LogP contribution in [-0.4, -0.2) is 43.2 Å². The monoisotopic (exact) mass is 422 g/mol. The number of carbonyl (C=O) groups excluding carboxylic acids is 1. The van der Waals surface area contributed by atoms with Crippen molar-refractivity contribution in [1.29, 1.82) is 0 Å². The first-order valence-corrected chi connectivity index (χ1v) is 10.2. The summed E-state index contributed by atoms with van der Waals surface area (Å²) in [5.74, 6) is -2.34. The molecule has 1 heterocycles. The van der Waals surface area contributed by atoms with E-state index in [9.17, 15) is 26.7 Å². The van der Waals surface area contributed by atoms with Gasteiger partial charge >= 0.3 is 6.18 Å². The molecule has 3 unspecified atom stereocenters. The van der Waals surface area contributed by atoms with Crippen molar-refractivity contribution in [2.24, 2.45) is 11.8 Å². The van der Waals surface area contributed by atoms with Gasteiger partial charge in [0, 0.05) is 0 Å². The van der Waals surface area contributed by atoms with Gasteiger partial charge in [0.15, 0.2) is 11.1 Å². The molecular formula is C18H25F3N2O4S. The summed E-state index contributed by atoms with van der Waals surface area (Å²) in [5, 5.41) is 7.93. The average molecular weight is 422 g/mol. The number of halogens is 3. The van der Waals surface area contributed by atoms with Gasteiger partial charge in [-0.1, -0.05) is 32.0 Å². The number of nitrogens with one attached hydrogen (secondary N) is 1. The first-order valence-electron chi connectivity index (χ1n) is 9.01. The minimum absolute atomic E-state index is 0.227. The largest absolute Gasteiger partial charge is 0.416 e. The van der Waals surface area contributed by atoms with E-state index in [0.29, 0.717) is 12.8 Å². The van der Waals surface area contributed by atoms with Crippen LogP contribution in [0.1, 0.15) is 43.7 Å². The van der Waals surface area contributed by atoms with Crippen LogP contribution < -0.4 is 5.48 Å². The van der Waals surface area contributed by atoms with Crippen molar-refractivity contribution in [3.63, 3.8) is 0 Å². The van der Waals surface area contributed by atoms with Gasteiger partial charge in [0.2, 0.25) is 5.91 Å². The first-order chi connectivity index (χ1) is 13.1. The first kappa shape index (κ1) is 22.8. The highest BCUT2D eigenvalue weighted by Gasteiger charge is 2.41. The van der Waals surface area contributed by atoms with Gasteiger partial charge in [0.05, 0.1) is 11.5 Å².